The number of rotatable bonds is 9. The van der Waals surface area contributed by atoms with E-state index < -0.39 is 5.97 Å². The van der Waals surface area contributed by atoms with Gasteiger partial charge in [0.2, 0.25) is 0 Å². The zero-order valence-electron chi connectivity index (χ0n) is 16.2. The highest BCUT2D eigenvalue weighted by atomic mass is 32.1. The van der Waals surface area contributed by atoms with E-state index in [0.29, 0.717) is 10.8 Å². The summed E-state index contributed by atoms with van der Waals surface area (Å²) >= 11 is 1.39. The van der Waals surface area contributed by atoms with E-state index in [9.17, 15) is 9.59 Å². The van der Waals surface area contributed by atoms with E-state index in [-0.39, 0.29) is 25.0 Å². The van der Waals surface area contributed by atoms with Gasteiger partial charge in [0, 0.05) is 11.4 Å². The molecular weight excluding hydrogens is 362 g/mol. The number of carbonyl (C=O) groups is 2. The maximum absolute atomic E-state index is 12.2. The predicted molar refractivity (Wildman–Crippen MR) is 108 cm³/mol. The number of carboxylic acid groups (broad SMARTS) is 1. The van der Waals surface area contributed by atoms with Crippen LogP contribution in [0.25, 0.3) is 0 Å². The number of ether oxygens (including phenoxy) is 1. The predicted octanol–water partition coefficient (Wildman–Crippen LogP) is 4.74. The van der Waals surface area contributed by atoms with Gasteiger partial charge in [-0.1, -0.05) is 19.9 Å². The second-order valence-corrected chi connectivity index (χ2v) is 8.28. The summed E-state index contributed by atoms with van der Waals surface area (Å²) < 4.78 is 6.28. The number of aryl methyl sites for hydroxylation is 2. The highest BCUT2D eigenvalue weighted by molar-refractivity contribution is 7.14. The van der Waals surface area contributed by atoms with E-state index in [0.717, 1.165) is 28.2 Å². The minimum absolute atomic E-state index is 0.0875. The van der Waals surface area contributed by atoms with Crippen molar-refractivity contribution in [2.75, 3.05) is 6.54 Å². The summed E-state index contributed by atoms with van der Waals surface area (Å²) in [5.41, 5.74) is 2.30. The largest absolute Gasteiger partial charge is 0.485 e. The van der Waals surface area contributed by atoms with Crippen molar-refractivity contribution in [2.24, 2.45) is 5.92 Å². The Balaban J connectivity index is 2.13. The van der Waals surface area contributed by atoms with Crippen LogP contribution < -0.4 is 10.1 Å². The highest BCUT2D eigenvalue weighted by Gasteiger charge is 2.20. The second-order valence-electron chi connectivity index (χ2n) is 7.16. The van der Waals surface area contributed by atoms with E-state index >= 15 is 0 Å². The van der Waals surface area contributed by atoms with Gasteiger partial charge in [-0.05, 0) is 61.6 Å². The smallest absolute Gasteiger partial charge is 0.305 e. The second kappa shape index (κ2) is 9.55. The maximum Gasteiger partial charge on any atom is 0.305 e. The fourth-order valence-corrected chi connectivity index (χ4v) is 3.80. The molecule has 0 aliphatic heterocycles. The van der Waals surface area contributed by atoms with Crippen molar-refractivity contribution < 1.29 is 19.4 Å². The Bertz CT molecular complexity index is 777. The van der Waals surface area contributed by atoms with Gasteiger partial charge in [-0.2, -0.15) is 0 Å². The molecule has 6 heteroatoms. The van der Waals surface area contributed by atoms with E-state index in [1.165, 1.54) is 11.3 Å². The highest BCUT2D eigenvalue weighted by Crippen LogP contribution is 2.33. The van der Waals surface area contributed by atoms with Gasteiger partial charge < -0.3 is 15.2 Å². The van der Waals surface area contributed by atoms with Crippen LogP contribution in [0, 0.1) is 19.8 Å². The maximum atomic E-state index is 12.2. The summed E-state index contributed by atoms with van der Waals surface area (Å²) in [6.07, 6.45) is 0.625. The normalized spacial score (nSPS) is 12.0. The summed E-state index contributed by atoms with van der Waals surface area (Å²) in [5.74, 6) is 0.0954. The quantitative estimate of drug-likeness (QED) is 0.650. The third-order valence-electron chi connectivity index (χ3n) is 3.95. The molecule has 5 nitrogen and oxygen atoms in total. The molecule has 0 fully saturated rings. The number of benzene rings is 1. The van der Waals surface area contributed by atoms with Crippen LogP contribution >= 0.6 is 11.3 Å². The Kier molecular flexibility index (Phi) is 7.42. The van der Waals surface area contributed by atoms with Crippen molar-refractivity contribution in [2.45, 2.75) is 46.6 Å². The summed E-state index contributed by atoms with van der Waals surface area (Å²) in [7, 11) is 0. The molecule has 2 rings (SSSR count). The molecule has 27 heavy (non-hydrogen) atoms. The number of amides is 1. The van der Waals surface area contributed by atoms with Crippen molar-refractivity contribution in [3.8, 4) is 5.75 Å². The molecular formula is C21H27NO4S. The van der Waals surface area contributed by atoms with Gasteiger partial charge in [-0.15, -0.1) is 11.3 Å². The van der Waals surface area contributed by atoms with Crippen LogP contribution in [0.5, 0.6) is 5.75 Å². The van der Waals surface area contributed by atoms with Crippen molar-refractivity contribution >= 4 is 23.2 Å². The van der Waals surface area contributed by atoms with Crippen LogP contribution in [0.2, 0.25) is 0 Å². The molecule has 1 heterocycles. The number of thiophene rings is 1. The van der Waals surface area contributed by atoms with E-state index in [2.05, 4.69) is 25.2 Å². The lowest BCUT2D eigenvalue weighted by Gasteiger charge is -2.20. The molecule has 0 saturated heterocycles. The molecule has 146 valence electrons. The van der Waals surface area contributed by atoms with Gasteiger partial charge in [0.25, 0.3) is 5.91 Å². The molecule has 2 N–H and O–H groups in total. The fraction of sp³-hybridized carbons (Fsp3) is 0.429. The molecule has 1 aromatic heterocycles. The molecule has 1 aromatic carbocycles. The zero-order chi connectivity index (χ0) is 20.0. The summed E-state index contributed by atoms with van der Waals surface area (Å²) in [6, 6.07) is 9.84. The lowest BCUT2D eigenvalue weighted by atomic mass is 10.0. The van der Waals surface area contributed by atoms with Gasteiger partial charge in [-0.25, -0.2) is 0 Å². The first-order chi connectivity index (χ1) is 12.7. The first kappa shape index (κ1) is 21.0. The lowest BCUT2D eigenvalue weighted by Crippen LogP contribution is -2.25. The fourth-order valence-electron chi connectivity index (χ4n) is 2.83. The molecule has 0 saturated carbocycles. The van der Waals surface area contributed by atoms with Crippen molar-refractivity contribution in [1.82, 2.24) is 5.32 Å². The van der Waals surface area contributed by atoms with Gasteiger partial charge >= 0.3 is 5.97 Å². The van der Waals surface area contributed by atoms with Crippen LogP contribution in [0.3, 0.4) is 0 Å². The van der Waals surface area contributed by atoms with E-state index in [4.69, 9.17) is 9.84 Å². The average molecular weight is 390 g/mol. The van der Waals surface area contributed by atoms with Crippen LogP contribution in [-0.2, 0) is 4.79 Å². The Morgan fingerprint density at radius 3 is 2.41 bits per heavy atom. The molecule has 0 aliphatic carbocycles. The Labute approximate surface area is 164 Å². The third-order valence-corrected chi connectivity index (χ3v) is 5.13. The Hall–Kier alpha value is -2.34. The number of hydrogen-bond donors (Lipinski definition) is 2. The van der Waals surface area contributed by atoms with Crippen LogP contribution in [0.4, 0.5) is 0 Å². The number of carbonyl (C=O) groups excluding carboxylic acids is 1. The summed E-state index contributed by atoms with van der Waals surface area (Å²) in [4.78, 5) is 24.3. The summed E-state index contributed by atoms with van der Waals surface area (Å²) in [6.45, 7) is 8.50. The first-order valence-corrected chi connectivity index (χ1v) is 9.91. The lowest BCUT2D eigenvalue weighted by molar-refractivity contribution is -0.136. The van der Waals surface area contributed by atoms with Gasteiger partial charge in [-0.3, -0.25) is 9.59 Å². The van der Waals surface area contributed by atoms with E-state index in [1.807, 2.05) is 32.0 Å². The number of hydrogen-bond acceptors (Lipinski definition) is 4. The monoisotopic (exact) mass is 389 g/mol. The topological polar surface area (TPSA) is 75.6 Å². The Morgan fingerprint density at radius 1 is 1.15 bits per heavy atom. The minimum atomic E-state index is -0.930. The average Bonchev–Trinajstić information content (AvgIpc) is 3.02. The van der Waals surface area contributed by atoms with Crippen LogP contribution in [0.15, 0.2) is 30.3 Å². The van der Waals surface area contributed by atoms with Crippen molar-refractivity contribution in [3.05, 3.63) is 51.2 Å². The SMILES string of the molecule is Cc1cc(C)cc(O[C@H](CC(C)C)c2ccc(C(=O)NCCC(=O)O)s2)c1. The standard InChI is InChI=1S/C21H27NO4S/c1-13(2)9-17(26-16-11-14(3)10-15(4)12-16)18-5-6-19(27-18)21(25)22-8-7-20(23)24/h5-6,10-13,17H,7-9H2,1-4H3,(H,22,25)(H,23,24)/t17-/m1/s1. The third kappa shape index (κ3) is 6.71. The molecule has 0 bridgehead atoms. The molecule has 1 atom stereocenters. The van der Waals surface area contributed by atoms with Gasteiger partial charge in [0.1, 0.15) is 11.9 Å². The number of carboxylic acids is 1. The minimum Gasteiger partial charge on any atom is -0.485 e. The zero-order valence-corrected chi connectivity index (χ0v) is 17.1. The molecule has 1 amide bonds. The van der Waals surface area contributed by atoms with Crippen molar-refractivity contribution in [3.63, 3.8) is 0 Å². The van der Waals surface area contributed by atoms with Crippen LogP contribution in [0.1, 0.15) is 58.5 Å². The molecule has 0 radical (unpaired) electrons. The van der Waals surface area contributed by atoms with Gasteiger partial charge in [0.05, 0.1) is 11.3 Å². The molecule has 0 aliphatic rings. The number of aliphatic carboxylic acids is 1. The first-order valence-electron chi connectivity index (χ1n) is 9.09. The van der Waals surface area contributed by atoms with Crippen LogP contribution in [-0.4, -0.2) is 23.5 Å². The molecule has 0 spiro atoms. The Morgan fingerprint density at radius 2 is 1.81 bits per heavy atom. The molecule has 0 unspecified atom stereocenters. The summed E-state index contributed by atoms with van der Waals surface area (Å²) in [5, 5.41) is 11.3. The number of nitrogens with one attached hydrogen (secondary N) is 1. The van der Waals surface area contributed by atoms with E-state index in [1.54, 1.807) is 6.07 Å². The van der Waals surface area contributed by atoms with Gasteiger partial charge in [0.15, 0.2) is 0 Å². The molecule has 2 aromatic rings. The van der Waals surface area contributed by atoms with Crippen molar-refractivity contribution in [1.29, 1.82) is 0 Å².